The first-order chi connectivity index (χ1) is 4.43. The van der Waals surface area contributed by atoms with Gasteiger partial charge >= 0.3 is 0 Å². The molecule has 0 aromatic rings. The Morgan fingerprint density at radius 2 is 2.44 bits per heavy atom. The van der Waals surface area contributed by atoms with Crippen molar-refractivity contribution in [2.45, 2.75) is 12.5 Å². The molecule has 0 amide bonds. The van der Waals surface area contributed by atoms with Crippen molar-refractivity contribution in [3.05, 3.63) is 0 Å². The Labute approximate surface area is 61.8 Å². The third-order valence-electron chi connectivity index (χ3n) is 1.61. The molecule has 0 radical (unpaired) electrons. The van der Waals surface area contributed by atoms with Gasteiger partial charge < -0.3 is 10.6 Å². The van der Waals surface area contributed by atoms with Crippen LogP contribution in [0.1, 0.15) is 6.42 Å². The van der Waals surface area contributed by atoms with E-state index in [9.17, 15) is 0 Å². The fourth-order valence-corrected chi connectivity index (χ4v) is 1.04. The second-order valence-corrected chi connectivity index (χ2v) is 2.81. The Kier molecular flexibility index (Phi) is 3.40. The molecule has 2 nitrogen and oxygen atoms in total. The van der Waals surface area contributed by atoms with Gasteiger partial charge in [0.2, 0.25) is 0 Å². The molecule has 0 spiro atoms. The van der Waals surface area contributed by atoms with Gasteiger partial charge in [-0.05, 0) is 13.0 Å². The van der Waals surface area contributed by atoms with E-state index in [4.69, 9.17) is 0 Å². The fraction of sp³-hybridized carbons (Fsp3) is 1.00. The molecule has 0 saturated carbocycles. The normalized spacial score (nSPS) is 25.7. The molecule has 1 aliphatic rings. The number of rotatable bonds is 4. The molecule has 2 N–H and O–H groups in total. The molecule has 1 atom stereocenters. The molecule has 1 saturated heterocycles. The molecule has 1 fully saturated rings. The van der Waals surface area contributed by atoms with Crippen LogP contribution in [0.5, 0.6) is 0 Å². The van der Waals surface area contributed by atoms with Crippen LogP contribution in [-0.2, 0) is 0 Å². The molecule has 0 aliphatic carbocycles. The van der Waals surface area contributed by atoms with Crippen LogP contribution in [0.4, 0.5) is 0 Å². The summed E-state index contributed by atoms with van der Waals surface area (Å²) in [7, 11) is 0. The Balaban J connectivity index is 1.80. The van der Waals surface area contributed by atoms with Crippen LogP contribution in [0.3, 0.4) is 0 Å². The summed E-state index contributed by atoms with van der Waals surface area (Å²) in [5, 5.41) is 6.62. The molecule has 54 valence electrons. The van der Waals surface area contributed by atoms with Crippen LogP contribution in [0.2, 0.25) is 0 Å². The molecule has 1 rings (SSSR count). The molecule has 0 aromatic carbocycles. The summed E-state index contributed by atoms with van der Waals surface area (Å²) in [6.07, 6.45) is 1.33. The lowest BCUT2D eigenvalue weighted by atomic mass is 10.1. The van der Waals surface area contributed by atoms with E-state index < -0.39 is 0 Å². The third-order valence-corrected chi connectivity index (χ3v) is 1.83. The van der Waals surface area contributed by atoms with Gasteiger partial charge in [0.25, 0.3) is 0 Å². The Morgan fingerprint density at radius 3 is 2.89 bits per heavy atom. The van der Waals surface area contributed by atoms with Crippen molar-refractivity contribution in [3.63, 3.8) is 0 Å². The third kappa shape index (κ3) is 2.56. The van der Waals surface area contributed by atoms with Gasteiger partial charge in [-0.25, -0.2) is 0 Å². The van der Waals surface area contributed by atoms with E-state index in [0.717, 1.165) is 24.9 Å². The van der Waals surface area contributed by atoms with Crippen LogP contribution >= 0.6 is 12.6 Å². The zero-order valence-corrected chi connectivity index (χ0v) is 6.45. The van der Waals surface area contributed by atoms with Crippen LogP contribution in [0.15, 0.2) is 0 Å². The average Bonchev–Trinajstić information content (AvgIpc) is 1.76. The summed E-state index contributed by atoms with van der Waals surface area (Å²) in [4.78, 5) is 0. The zero-order chi connectivity index (χ0) is 6.53. The molecular formula is C6H14N2S. The summed E-state index contributed by atoms with van der Waals surface area (Å²) in [6, 6.07) is 0.741. The first kappa shape index (κ1) is 7.38. The van der Waals surface area contributed by atoms with Gasteiger partial charge in [0, 0.05) is 24.9 Å². The Hall–Kier alpha value is 0.270. The van der Waals surface area contributed by atoms with Crippen molar-refractivity contribution in [1.82, 2.24) is 10.6 Å². The highest BCUT2D eigenvalue weighted by molar-refractivity contribution is 7.80. The molecule has 0 bridgehead atoms. The Morgan fingerprint density at radius 1 is 1.67 bits per heavy atom. The summed E-state index contributed by atoms with van der Waals surface area (Å²) in [5.41, 5.74) is 0. The van der Waals surface area contributed by atoms with Gasteiger partial charge in [0.15, 0.2) is 0 Å². The van der Waals surface area contributed by atoms with Crippen molar-refractivity contribution in [2.75, 3.05) is 25.4 Å². The molecular weight excluding hydrogens is 132 g/mol. The van der Waals surface area contributed by atoms with E-state index in [0.29, 0.717) is 0 Å². The summed E-state index contributed by atoms with van der Waals surface area (Å²) < 4.78 is 0. The molecule has 1 heterocycles. The first-order valence-corrected chi connectivity index (χ1v) is 4.11. The van der Waals surface area contributed by atoms with Crippen molar-refractivity contribution in [2.24, 2.45) is 0 Å². The topological polar surface area (TPSA) is 24.1 Å². The largest absolute Gasteiger partial charge is 0.314 e. The highest BCUT2D eigenvalue weighted by Gasteiger charge is 2.14. The highest BCUT2D eigenvalue weighted by atomic mass is 32.1. The zero-order valence-electron chi connectivity index (χ0n) is 5.56. The lowest BCUT2D eigenvalue weighted by Crippen LogP contribution is -2.49. The second kappa shape index (κ2) is 4.14. The summed E-state index contributed by atoms with van der Waals surface area (Å²) in [5.74, 6) is 0.937. The maximum absolute atomic E-state index is 4.09. The van der Waals surface area contributed by atoms with E-state index in [2.05, 4.69) is 23.3 Å². The predicted molar refractivity (Wildman–Crippen MR) is 43.1 cm³/mol. The molecule has 0 aromatic heterocycles. The van der Waals surface area contributed by atoms with Crippen molar-refractivity contribution in [1.29, 1.82) is 0 Å². The minimum Gasteiger partial charge on any atom is -0.314 e. The molecule has 3 heteroatoms. The van der Waals surface area contributed by atoms with Crippen molar-refractivity contribution < 1.29 is 0 Å². The average molecular weight is 146 g/mol. The SMILES string of the molecule is SCCNCC1CCN1. The van der Waals surface area contributed by atoms with E-state index >= 15 is 0 Å². The summed E-state index contributed by atoms with van der Waals surface area (Å²) in [6.45, 7) is 3.34. The predicted octanol–water partition coefficient (Wildman–Crippen LogP) is -0.132. The van der Waals surface area contributed by atoms with E-state index in [1.165, 1.54) is 13.0 Å². The summed E-state index contributed by atoms with van der Waals surface area (Å²) >= 11 is 4.09. The molecule has 9 heavy (non-hydrogen) atoms. The van der Waals surface area contributed by atoms with Crippen LogP contribution < -0.4 is 10.6 Å². The van der Waals surface area contributed by atoms with Gasteiger partial charge in [-0.2, -0.15) is 12.6 Å². The number of nitrogens with one attached hydrogen (secondary N) is 2. The lowest BCUT2D eigenvalue weighted by Gasteiger charge is -2.27. The fourth-order valence-electron chi connectivity index (χ4n) is 0.878. The van der Waals surface area contributed by atoms with Gasteiger partial charge in [0.1, 0.15) is 0 Å². The molecule has 1 unspecified atom stereocenters. The van der Waals surface area contributed by atoms with E-state index in [-0.39, 0.29) is 0 Å². The smallest absolute Gasteiger partial charge is 0.0204 e. The van der Waals surface area contributed by atoms with E-state index in [1.807, 2.05) is 0 Å². The van der Waals surface area contributed by atoms with Crippen LogP contribution in [-0.4, -0.2) is 31.4 Å². The minimum absolute atomic E-state index is 0.741. The minimum atomic E-state index is 0.741. The number of thiol groups is 1. The first-order valence-electron chi connectivity index (χ1n) is 3.48. The maximum atomic E-state index is 4.09. The number of hydrogen-bond donors (Lipinski definition) is 3. The maximum Gasteiger partial charge on any atom is 0.0204 e. The van der Waals surface area contributed by atoms with E-state index in [1.54, 1.807) is 0 Å². The van der Waals surface area contributed by atoms with Crippen LogP contribution in [0.25, 0.3) is 0 Å². The van der Waals surface area contributed by atoms with Crippen molar-refractivity contribution >= 4 is 12.6 Å². The van der Waals surface area contributed by atoms with Crippen molar-refractivity contribution in [3.8, 4) is 0 Å². The monoisotopic (exact) mass is 146 g/mol. The van der Waals surface area contributed by atoms with Gasteiger partial charge in [-0.15, -0.1) is 0 Å². The van der Waals surface area contributed by atoms with Gasteiger partial charge in [-0.1, -0.05) is 0 Å². The standard InChI is InChI=1S/C6H14N2S/c9-4-3-7-5-6-1-2-8-6/h6-9H,1-5H2. The number of hydrogen-bond acceptors (Lipinski definition) is 3. The quantitative estimate of drug-likeness (QED) is 0.380. The van der Waals surface area contributed by atoms with Crippen LogP contribution in [0, 0.1) is 0 Å². The van der Waals surface area contributed by atoms with Gasteiger partial charge in [0.05, 0.1) is 0 Å². The van der Waals surface area contributed by atoms with Gasteiger partial charge in [-0.3, -0.25) is 0 Å². The molecule has 1 aliphatic heterocycles. The lowest BCUT2D eigenvalue weighted by molar-refractivity contribution is 0.357. The second-order valence-electron chi connectivity index (χ2n) is 2.37. The highest BCUT2D eigenvalue weighted by Crippen LogP contribution is 1.98. The Bertz CT molecular complexity index is 73.5.